The topological polar surface area (TPSA) is 69.7 Å². The van der Waals surface area contributed by atoms with Crippen molar-refractivity contribution >= 4 is 17.8 Å². The molecule has 2 saturated heterocycles. The summed E-state index contributed by atoms with van der Waals surface area (Å²) in [6.07, 6.45) is 6.74. The summed E-state index contributed by atoms with van der Waals surface area (Å²) < 4.78 is 0. The highest BCUT2D eigenvalue weighted by atomic mass is 16.2. The van der Waals surface area contributed by atoms with Crippen LogP contribution in [0.3, 0.4) is 0 Å². The van der Waals surface area contributed by atoms with Gasteiger partial charge in [-0.05, 0) is 51.9 Å². The molecule has 1 aliphatic carbocycles. The number of imide groups is 1. The van der Waals surface area contributed by atoms with Gasteiger partial charge < -0.3 is 10.2 Å². The van der Waals surface area contributed by atoms with E-state index in [4.69, 9.17) is 0 Å². The van der Waals surface area contributed by atoms with Crippen LogP contribution < -0.4 is 5.32 Å². The van der Waals surface area contributed by atoms with Crippen LogP contribution in [0.1, 0.15) is 65.7 Å². The minimum absolute atomic E-state index is 0.112. The Morgan fingerprint density at radius 2 is 1.75 bits per heavy atom. The lowest BCUT2D eigenvalue weighted by Crippen LogP contribution is -2.55. The number of carbonyl (C=O) groups excluding carboxylic acids is 3. The fourth-order valence-corrected chi connectivity index (χ4v) is 4.77. The third kappa shape index (κ3) is 2.70. The molecule has 1 N–H and O–H groups in total. The second-order valence-electron chi connectivity index (χ2n) is 7.87. The molecule has 134 valence electrons. The summed E-state index contributed by atoms with van der Waals surface area (Å²) in [5.41, 5.74) is -0.783. The highest BCUT2D eigenvalue weighted by molar-refractivity contribution is 6.09. The van der Waals surface area contributed by atoms with Crippen LogP contribution in [0.5, 0.6) is 0 Å². The van der Waals surface area contributed by atoms with Crippen molar-refractivity contribution in [1.82, 2.24) is 15.1 Å². The average molecular weight is 335 g/mol. The Hall–Kier alpha value is -1.59. The molecule has 3 aliphatic rings. The first-order chi connectivity index (χ1) is 11.4. The smallest absolute Gasteiger partial charge is 0.325 e. The van der Waals surface area contributed by atoms with Crippen LogP contribution in [0.2, 0.25) is 0 Å². The van der Waals surface area contributed by atoms with Gasteiger partial charge in [0.15, 0.2) is 0 Å². The summed E-state index contributed by atoms with van der Waals surface area (Å²) in [6.45, 7) is 5.99. The molecular weight excluding hydrogens is 306 g/mol. The molecule has 1 spiro atoms. The lowest BCUT2D eigenvalue weighted by molar-refractivity contribution is -0.143. The van der Waals surface area contributed by atoms with Crippen LogP contribution >= 0.6 is 0 Å². The molecule has 0 bridgehead atoms. The number of nitrogens with one attached hydrogen (secondary N) is 1. The van der Waals surface area contributed by atoms with E-state index in [1.54, 1.807) is 0 Å². The Labute approximate surface area is 143 Å². The van der Waals surface area contributed by atoms with Gasteiger partial charge in [0.2, 0.25) is 5.91 Å². The van der Waals surface area contributed by atoms with E-state index in [2.05, 4.69) is 5.32 Å². The molecule has 0 aromatic carbocycles. The van der Waals surface area contributed by atoms with Crippen LogP contribution in [0.4, 0.5) is 4.79 Å². The summed E-state index contributed by atoms with van der Waals surface area (Å²) in [4.78, 5) is 41.1. The molecule has 2 heterocycles. The van der Waals surface area contributed by atoms with Gasteiger partial charge in [0, 0.05) is 12.1 Å². The molecule has 0 aromatic rings. The van der Waals surface area contributed by atoms with Crippen LogP contribution in [0.25, 0.3) is 0 Å². The van der Waals surface area contributed by atoms with Crippen molar-refractivity contribution in [3.63, 3.8) is 0 Å². The molecule has 4 amide bonds. The maximum Gasteiger partial charge on any atom is 0.325 e. The Morgan fingerprint density at radius 1 is 1.08 bits per heavy atom. The molecule has 0 unspecified atom stereocenters. The predicted octanol–water partition coefficient (Wildman–Crippen LogP) is 2.28. The van der Waals surface area contributed by atoms with E-state index in [0.29, 0.717) is 6.42 Å². The van der Waals surface area contributed by atoms with Gasteiger partial charge in [0.05, 0.1) is 0 Å². The third-order valence-corrected chi connectivity index (χ3v) is 6.28. The van der Waals surface area contributed by atoms with Crippen LogP contribution in [0, 0.1) is 5.92 Å². The summed E-state index contributed by atoms with van der Waals surface area (Å²) in [5, 5.41) is 2.92. The van der Waals surface area contributed by atoms with Gasteiger partial charge in [0.25, 0.3) is 5.91 Å². The van der Waals surface area contributed by atoms with Gasteiger partial charge in [0.1, 0.15) is 12.1 Å². The van der Waals surface area contributed by atoms with E-state index in [-0.39, 0.29) is 36.4 Å². The van der Waals surface area contributed by atoms with E-state index in [1.807, 2.05) is 25.7 Å². The average Bonchev–Trinajstić information content (AvgIpc) is 2.75. The fourth-order valence-electron chi connectivity index (χ4n) is 4.77. The number of rotatable bonds is 2. The first kappa shape index (κ1) is 17.2. The SMILES string of the molecule is C[C@@H]1CCC[C@H](C)N1C(=O)CN1C(=O)N[C@]2(CCCC[C@H]2C)C1=O. The monoisotopic (exact) mass is 335 g/mol. The van der Waals surface area contributed by atoms with Gasteiger partial charge in [-0.2, -0.15) is 0 Å². The second kappa shape index (κ2) is 6.37. The largest absolute Gasteiger partial charge is 0.336 e. The zero-order chi connectivity index (χ0) is 17.5. The summed E-state index contributed by atoms with van der Waals surface area (Å²) in [5.74, 6) is -0.195. The van der Waals surface area contributed by atoms with Crippen molar-refractivity contribution in [2.24, 2.45) is 5.92 Å². The molecule has 6 heteroatoms. The van der Waals surface area contributed by atoms with E-state index in [0.717, 1.165) is 43.4 Å². The molecule has 2 aliphatic heterocycles. The van der Waals surface area contributed by atoms with E-state index >= 15 is 0 Å². The van der Waals surface area contributed by atoms with Crippen LogP contribution in [-0.2, 0) is 9.59 Å². The highest BCUT2D eigenvalue weighted by Gasteiger charge is 2.55. The van der Waals surface area contributed by atoms with Gasteiger partial charge >= 0.3 is 6.03 Å². The summed E-state index contributed by atoms with van der Waals surface area (Å²) in [7, 11) is 0. The maximum absolute atomic E-state index is 13.0. The zero-order valence-corrected chi connectivity index (χ0v) is 15.0. The number of likely N-dealkylation sites (tertiary alicyclic amines) is 1. The third-order valence-electron chi connectivity index (χ3n) is 6.28. The molecule has 24 heavy (non-hydrogen) atoms. The lowest BCUT2D eigenvalue weighted by atomic mass is 9.73. The van der Waals surface area contributed by atoms with Crippen molar-refractivity contribution in [2.75, 3.05) is 6.54 Å². The summed E-state index contributed by atoms with van der Waals surface area (Å²) in [6, 6.07) is -0.0615. The maximum atomic E-state index is 13.0. The first-order valence-electron chi connectivity index (χ1n) is 9.32. The van der Waals surface area contributed by atoms with Crippen molar-refractivity contribution in [3.05, 3.63) is 0 Å². The molecule has 3 rings (SSSR count). The normalized spacial score (nSPS) is 37.0. The number of nitrogens with zero attached hydrogens (tertiary/aromatic N) is 2. The fraction of sp³-hybridized carbons (Fsp3) is 0.833. The Morgan fingerprint density at radius 3 is 2.38 bits per heavy atom. The van der Waals surface area contributed by atoms with Crippen molar-refractivity contribution in [1.29, 1.82) is 0 Å². The van der Waals surface area contributed by atoms with Crippen molar-refractivity contribution in [3.8, 4) is 0 Å². The molecule has 4 atom stereocenters. The van der Waals surface area contributed by atoms with Crippen LogP contribution in [0.15, 0.2) is 0 Å². The second-order valence-corrected chi connectivity index (χ2v) is 7.87. The quantitative estimate of drug-likeness (QED) is 0.787. The molecule has 1 saturated carbocycles. The number of carbonyl (C=O) groups is 3. The van der Waals surface area contributed by atoms with Gasteiger partial charge in [-0.1, -0.05) is 19.8 Å². The standard InChI is InChI=1S/C18H29N3O3/c1-12-7-4-5-10-18(12)16(23)20(17(24)19-18)11-15(22)21-13(2)8-6-9-14(21)3/h12-14H,4-11H2,1-3H3,(H,19,24)/t12-,13-,14+,18+/m1/s1. The Balaban J connectivity index is 1.74. The van der Waals surface area contributed by atoms with Crippen molar-refractivity contribution in [2.45, 2.75) is 83.3 Å². The lowest BCUT2D eigenvalue weighted by Gasteiger charge is -2.40. The molecule has 0 aromatic heterocycles. The number of urea groups is 1. The number of amides is 4. The number of hydrogen-bond acceptors (Lipinski definition) is 3. The van der Waals surface area contributed by atoms with E-state index in [9.17, 15) is 14.4 Å². The van der Waals surface area contributed by atoms with Gasteiger partial charge in [-0.25, -0.2) is 4.79 Å². The minimum atomic E-state index is -0.783. The predicted molar refractivity (Wildman–Crippen MR) is 90.2 cm³/mol. The number of piperidine rings is 1. The van der Waals surface area contributed by atoms with Gasteiger partial charge in [-0.15, -0.1) is 0 Å². The molecular formula is C18H29N3O3. The first-order valence-corrected chi connectivity index (χ1v) is 9.32. The zero-order valence-electron chi connectivity index (χ0n) is 15.0. The van der Waals surface area contributed by atoms with E-state index in [1.165, 1.54) is 0 Å². The Kier molecular flexibility index (Phi) is 4.58. The van der Waals surface area contributed by atoms with Crippen molar-refractivity contribution < 1.29 is 14.4 Å². The minimum Gasteiger partial charge on any atom is -0.336 e. The molecule has 0 radical (unpaired) electrons. The van der Waals surface area contributed by atoms with E-state index < -0.39 is 11.6 Å². The molecule has 6 nitrogen and oxygen atoms in total. The van der Waals surface area contributed by atoms with Crippen LogP contribution in [-0.4, -0.2) is 51.8 Å². The highest BCUT2D eigenvalue weighted by Crippen LogP contribution is 2.38. The van der Waals surface area contributed by atoms with Gasteiger partial charge in [-0.3, -0.25) is 14.5 Å². The molecule has 3 fully saturated rings. The summed E-state index contributed by atoms with van der Waals surface area (Å²) >= 11 is 0. The Bertz CT molecular complexity index is 540. The number of hydrogen-bond donors (Lipinski definition) is 1.